The fourth-order valence-electron chi connectivity index (χ4n) is 2.02. The molecule has 0 radical (unpaired) electrons. The molecule has 0 aliphatic heterocycles. The fraction of sp³-hybridized carbons (Fsp3) is 0.200. The van der Waals surface area contributed by atoms with Gasteiger partial charge in [-0.15, -0.1) is 5.10 Å². The first-order valence-electron chi connectivity index (χ1n) is 7.17. The minimum Gasteiger partial charge on any atom is -0.457 e. The highest BCUT2D eigenvalue weighted by atomic mass is 35.5. The monoisotopic (exact) mass is 387 g/mol. The molecule has 0 N–H and O–H groups in total. The minimum atomic E-state index is -2.74. The van der Waals surface area contributed by atoms with Crippen LogP contribution in [0.2, 0.25) is 5.02 Å². The Morgan fingerprint density at radius 3 is 2.65 bits per heavy atom. The molecular formula is C15H10ClF4N5O. The summed E-state index contributed by atoms with van der Waals surface area (Å²) in [7, 11) is 0. The molecule has 0 unspecified atom stereocenters. The number of hydrogen-bond acceptors (Lipinski definition) is 5. The molecule has 0 bridgehead atoms. The van der Waals surface area contributed by atoms with E-state index in [4.69, 9.17) is 16.3 Å². The summed E-state index contributed by atoms with van der Waals surface area (Å²) in [6, 6.07) is 4.88. The molecule has 1 aromatic carbocycles. The first-order chi connectivity index (χ1) is 12.4. The highest BCUT2D eigenvalue weighted by molar-refractivity contribution is 6.31. The zero-order valence-electron chi connectivity index (χ0n) is 12.9. The summed E-state index contributed by atoms with van der Waals surface area (Å²) < 4.78 is 57.5. The molecule has 0 amide bonds. The highest BCUT2D eigenvalue weighted by Gasteiger charge is 2.14. The third-order valence-electron chi connectivity index (χ3n) is 3.25. The van der Waals surface area contributed by atoms with Crippen molar-refractivity contribution in [3.8, 4) is 11.7 Å². The first kappa shape index (κ1) is 18.1. The average Bonchev–Trinajstić information content (AvgIpc) is 3.09. The Kier molecular flexibility index (Phi) is 5.31. The number of alkyl halides is 4. The SMILES string of the molecule is FC(F)c1ccnc(OCc2cn(-c3ccc(Cl)c(C(F)F)c3)nn2)n1. The van der Waals surface area contributed by atoms with Crippen LogP contribution in [0.15, 0.2) is 36.7 Å². The molecule has 0 aliphatic rings. The summed E-state index contributed by atoms with van der Waals surface area (Å²) >= 11 is 5.72. The van der Waals surface area contributed by atoms with E-state index in [1.165, 1.54) is 29.1 Å². The van der Waals surface area contributed by atoms with E-state index in [0.29, 0.717) is 11.4 Å². The number of halogens is 5. The van der Waals surface area contributed by atoms with Gasteiger partial charge in [0.2, 0.25) is 0 Å². The molecule has 0 atom stereocenters. The number of aromatic nitrogens is 5. The molecular weight excluding hydrogens is 378 g/mol. The van der Waals surface area contributed by atoms with E-state index in [2.05, 4.69) is 20.3 Å². The topological polar surface area (TPSA) is 65.7 Å². The van der Waals surface area contributed by atoms with Crippen LogP contribution in [0.3, 0.4) is 0 Å². The van der Waals surface area contributed by atoms with Crippen LogP contribution >= 0.6 is 11.6 Å². The van der Waals surface area contributed by atoms with E-state index in [1.54, 1.807) is 0 Å². The van der Waals surface area contributed by atoms with Crippen LogP contribution in [0.4, 0.5) is 17.6 Å². The largest absolute Gasteiger partial charge is 0.457 e. The summed E-state index contributed by atoms with van der Waals surface area (Å²) in [5.41, 5.74) is -0.127. The van der Waals surface area contributed by atoms with Gasteiger partial charge in [-0.25, -0.2) is 27.2 Å². The number of hydrogen-bond donors (Lipinski definition) is 0. The Balaban J connectivity index is 1.72. The van der Waals surface area contributed by atoms with Gasteiger partial charge < -0.3 is 4.74 Å². The van der Waals surface area contributed by atoms with Crippen molar-refractivity contribution >= 4 is 11.6 Å². The predicted octanol–water partition coefficient (Wildman–Crippen LogP) is 4.16. The van der Waals surface area contributed by atoms with Crippen LogP contribution in [0.1, 0.15) is 29.8 Å². The van der Waals surface area contributed by atoms with Gasteiger partial charge in [0.15, 0.2) is 0 Å². The van der Waals surface area contributed by atoms with Crippen LogP contribution in [-0.4, -0.2) is 25.0 Å². The second kappa shape index (κ2) is 7.65. The lowest BCUT2D eigenvalue weighted by Gasteiger charge is -2.06. The maximum Gasteiger partial charge on any atom is 0.317 e. The van der Waals surface area contributed by atoms with Crippen LogP contribution < -0.4 is 4.74 Å². The van der Waals surface area contributed by atoms with E-state index in [9.17, 15) is 17.6 Å². The van der Waals surface area contributed by atoms with Crippen molar-refractivity contribution in [1.82, 2.24) is 25.0 Å². The van der Waals surface area contributed by atoms with E-state index >= 15 is 0 Å². The molecule has 0 saturated carbocycles. The Hall–Kier alpha value is -2.75. The van der Waals surface area contributed by atoms with Crippen LogP contribution in [0.5, 0.6) is 6.01 Å². The van der Waals surface area contributed by atoms with Gasteiger partial charge in [0.1, 0.15) is 18.0 Å². The molecule has 0 aliphatic carbocycles. The van der Waals surface area contributed by atoms with E-state index in [1.807, 2.05) is 0 Å². The van der Waals surface area contributed by atoms with Gasteiger partial charge in [0.25, 0.3) is 12.9 Å². The summed E-state index contributed by atoms with van der Waals surface area (Å²) in [5.74, 6) is 0. The number of ether oxygens (including phenoxy) is 1. The smallest absolute Gasteiger partial charge is 0.317 e. The minimum absolute atomic E-state index is 0.0523. The molecule has 2 heterocycles. The van der Waals surface area contributed by atoms with Gasteiger partial charge in [-0.1, -0.05) is 16.8 Å². The predicted molar refractivity (Wildman–Crippen MR) is 82.6 cm³/mol. The molecule has 26 heavy (non-hydrogen) atoms. The van der Waals surface area contributed by atoms with Crippen molar-refractivity contribution in [2.75, 3.05) is 0 Å². The van der Waals surface area contributed by atoms with E-state index < -0.39 is 18.5 Å². The third kappa shape index (κ3) is 4.07. The highest BCUT2D eigenvalue weighted by Crippen LogP contribution is 2.28. The second-order valence-electron chi connectivity index (χ2n) is 5.01. The molecule has 0 spiro atoms. The summed E-state index contributed by atoms with van der Waals surface area (Å²) in [6.07, 6.45) is -2.88. The van der Waals surface area contributed by atoms with Crippen molar-refractivity contribution in [2.45, 2.75) is 19.5 Å². The van der Waals surface area contributed by atoms with Crippen molar-refractivity contribution in [2.24, 2.45) is 0 Å². The molecule has 3 rings (SSSR count). The standard InChI is InChI=1S/C15H10ClF4N5O/c16-11-2-1-9(5-10(11)13(17)18)25-6-8(23-24-25)7-26-15-21-4-3-12(22-15)14(19)20/h1-6,13-14H,7H2. The lowest BCUT2D eigenvalue weighted by atomic mass is 10.2. The lowest BCUT2D eigenvalue weighted by molar-refractivity contribution is 0.143. The van der Waals surface area contributed by atoms with Gasteiger partial charge in [0, 0.05) is 16.8 Å². The van der Waals surface area contributed by atoms with Gasteiger partial charge in [0.05, 0.1) is 11.9 Å². The molecule has 2 aromatic heterocycles. The number of rotatable bonds is 6. The lowest BCUT2D eigenvalue weighted by Crippen LogP contribution is -2.02. The van der Waals surface area contributed by atoms with Crippen LogP contribution in [0, 0.1) is 0 Å². The van der Waals surface area contributed by atoms with Gasteiger partial charge in [-0.3, -0.25) is 0 Å². The molecule has 0 saturated heterocycles. The van der Waals surface area contributed by atoms with Gasteiger partial charge >= 0.3 is 6.01 Å². The van der Waals surface area contributed by atoms with Gasteiger partial charge in [-0.2, -0.15) is 4.98 Å². The zero-order chi connectivity index (χ0) is 18.7. The van der Waals surface area contributed by atoms with E-state index in [0.717, 1.165) is 12.3 Å². The fourth-order valence-corrected chi connectivity index (χ4v) is 2.22. The maximum atomic E-state index is 12.9. The van der Waals surface area contributed by atoms with Crippen molar-refractivity contribution < 1.29 is 22.3 Å². The Morgan fingerprint density at radius 1 is 1.12 bits per heavy atom. The molecule has 11 heteroatoms. The molecule has 6 nitrogen and oxygen atoms in total. The summed E-state index contributed by atoms with van der Waals surface area (Å²) in [6.45, 7) is -0.137. The Labute approximate surface area is 149 Å². The number of nitrogens with zero attached hydrogens (tertiary/aromatic N) is 5. The van der Waals surface area contributed by atoms with Crippen LogP contribution in [-0.2, 0) is 6.61 Å². The quantitative estimate of drug-likeness (QED) is 0.594. The molecule has 3 aromatic rings. The average molecular weight is 388 g/mol. The van der Waals surface area contributed by atoms with E-state index in [-0.39, 0.29) is 23.2 Å². The Bertz CT molecular complexity index is 905. The second-order valence-corrected chi connectivity index (χ2v) is 5.42. The van der Waals surface area contributed by atoms with Crippen LogP contribution in [0.25, 0.3) is 5.69 Å². The Morgan fingerprint density at radius 2 is 1.92 bits per heavy atom. The van der Waals surface area contributed by atoms with Crippen molar-refractivity contribution in [3.63, 3.8) is 0 Å². The third-order valence-corrected chi connectivity index (χ3v) is 3.59. The first-order valence-corrected chi connectivity index (χ1v) is 7.55. The van der Waals surface area contributed by atoms with Gasteiger partial charge in [-0.05, 0) is 24.3 Å². The van der Waals surface area contributed by atoms with Crippen molar-refractivity contribution in [1.29, 1.82) is 0 Å². The molecule has 136 valence electrons. The molecule has 0 fully saturated rings. The summed E-state index contributed by atoms with van der Waals surface area (Å²) in [4.78, 5) is 7.28. The van der Waals surface area contributed by atoms with Crippen molar-refractivity contribution in [3.05, 3.63) is 58.6 Å². The zero-order valence-corrected chi connectivity index (χ0v) is 13.6. The normalized spacial score (nSPS) is 11.3. The maximum absolute atomic E-state index is 12.9. The number of benzene rings is 1. The summed E-state index contributed by atoms with van der Waals surface area (Å²) in [5, 5.41) is 7.59.